The van der Waals surface area contributed by atoms with Crippen LogP contribution in [-0.2, 0) is 24.8 Å². The van der Waals surface area contributed by atoms with Crippen LogP contribution >= 0.6 is 11.6 Å². The summed E-state index contributed by atoms with van der Waals surface area (Å²) >= 11 is 6.29. The highest BCUT2D eigenvalue weighted by Crippen LogP contribution is 2.20. The Bertz CT molecular complexity index is 386. The van der Waals surface area contributed by atoms with Gasteiger partial charge in [-0.05, 0) is 31.7 Å². The minimum atomic E-state index is 0.728. The summed E-state index contributed by atoms with van der Waals surface area (Å²) in [4.78, 5) is 0. The minimum absolute atomic E-state index is 0.728. The minimum Gasteiger partial charge on any atom is -0.381 e. The molecular weight excluding hydrogens is 250 g/mol. The summed E-state index contributed by atoms with van der Waals surface area (Å²) in [5.41, 5.74) is 2.07. The summed E-state index contributed by atoms with van der Waals surface area (Å²) < 4.78 is 7.25. The molecule has 0 bridgehead atoms. The van der Waals surface area contributed by atoms with Crippen molar-refractivity contribution in [1.82, 2.24) is 15.1 Å². The molecule has 0 amide bonds. The van der Waals surface area contributed by atoms with Crippen LogP contribution < -0.4 is 5.32 Å². The Morgan fingerprint density at radius 3 is 3.00 bits per heavy atom. The van der Waals surface area contributed by atoms with Crippen LogP contribution in [0.25, 0.3) is 0 Å². The number of halogens is 1. The predicted octanol–water partition coefficient (Wildman–Crippen LogP) is 2.15. The maximum absolute atomic E-state index is 6.29. The zero-order valence-electron chi connectivity index (χ0n) is 11.2. The fraction of sp³-hybridized carbons (Fsp3) is 0.769. The van der Waals surface area contributed by atoms with Gasteiger partial charge < -0.3 is 10.1 Å². The van der Waals surface area contributed by atoms with Crippen LogP contribution in [0.1, 0.15) is 31.2 Å². The molecule has 5 heteroatoms. The normalized spacial score (nSPS) is 19.6. The molecular formula is C13H22ClN3O. The van der Waals surface area contributed by atoms with Crippen molar-refractivity contribution >= 4 is 11.6 Å². The van der Waals surface area contributed by atoms with Gasteiger partial charge in [0.25, 0.3) is 0 Å². The quantitative estimate of drug-likeness (QED) is 0.806. The molecule has 1 aliphatic heterocycles. The molecule has 0 aliphatic carbocycles. The van der Waals surface area contributed by atoms with E-state index in [-0.39, 0.29) is 0 Å². The maximum atomic E-state index is 6.29. The van der Waals surface area contributed by atoms with Crippen molar-refractivity contribution in [2.24, 2.45) is 13.0 Å². The number of aryl methyl sites for hydroxylation is 2. The lowest BCUT2D eigenvalue weighted by Gasteiger charge is -2.09. The van der Waals surface area contributed by atoms with Crippen LogP contribution in [0.3, 0.4) is 0 Å². The van der Waals surface area contributed by atoms with Gasteiger partial charge in [0, 0.05) is 26.8 Å². The van der Waals surface area contributed by atoms with Crippen LogP contribution in [0.5, 0.6) is 0 Å². The Morgan fingerprint density at radius 1 is 1.56 bits per heavy atom. The second-order valence-electron chi connectivity index (χ2n) is 4.88. The molecule has 18 heavy (non-hydrogen) atoms. The summed E-state index contributed by atoms with van der Waals surface area (Å²) in [6.45, 7) is 5.73. The van der Waals surface area contributed by atoms with E-state index in [0.717, 1.165) is 55.1 Å². The van der Waals surface area contributed by atoms with E-state index in [1.54, 1.807) is 0 Å². The first kappa shape index (κ1) is 13.8. The fourth-order valence-electron chi connectivity index (χ4n) is 2.34. The zero-order chi connectivity index (χ0) is 13.0. The van der Waals surface area contributed by atoms with E-state index in [9.17, 15) is 0 Å². The molecule has 1 N–H and O–H groups in total. The summed E-state index contributed by atoms with van der Waals surface area (Å²) in [6, 6.07) is 0. The molecule has 1 aliphatic rings. The Morgan fingerprint density at radius 2 is 2.39 bits per heavy atom. The monoisotopic (exact) mass is 271 g/mol. The average molecular weight is 272 g/mol. The topological polar surface area (TPSA) is 39.1 Å². The van der Waals surface area contributed by atoms with Gasteiger partial charge in [0.05, 0.1) is 16.4 Å². The Hall–Kier alpha value is -0.580. The fourth-order valence-corrected chi connectivity index (χ4v) is 2.70. The number of nitrogens with one attached hydrogen (secondary N) is 1. The number of nitrogens with zero attached hydrogens (tertiary/aromatic N) is 2. The van der Waals surface area contributed by atoms with Crippen LogP contribution in [0.15, 0.2) is 0 Å². The predicted molar refractivity (Wildman–Crippen MR) is 72.8 cm³/mol. The largest absolute Gasteiger partial charge is 0.381 e. The molecule has 2 rings (SSSR count). The van der Waals surface area contributed by atoms with E-state index >= 15 is 0 Å². The lowest BCUT2D eigenvalue weighted by molar-refractivity contribution is 0.184. The summed E-state index contributed by atoms with van der Waals surface area (Å²) in [7, 11) is 1.95. The van der Waals surface area contributed by atoms with E-state index < -0.39 is 0 Å². The highest BCUT2D eigenvalue weighted by molar-refractivity contribution is 6.31. The molecule has 0 saturated carbocycles. The van der Waals surface area contributed by atoms with Gasteiger partial charge in [-0.15, -0.1) is 0 Å². The Labute approximate surface area is 114 Å². The van der Waals surface area contributed by atoms with Crippen molar-refractivity contribution in [3.63, 3.8) is 0 Å². The smallest absolute Gasteiger partial charge is 0.0863 e. The third kappa shape index (κ3) is 3.25. The third-order valence-corrected chi connectivity index (χ3v) is 3.99. The van der Waals surface area contributed by atoms with Gasteiger partial charge in [-0.25, -0.2) is 0 Å². The molecule has 4 nitrogen and oxygen atoms in total. The maximum Gasteiger partial charge on any atom is 0.0863 e. The van der Waals surface area contributed by atoms with Gasteiger partial charge in [-0.2, -0.15) is 5.10 Å². The molecule has 1 fully saturated rings. The van der Waals surface area contributed by atoms with Crippen molar-refractivity contribution < 1.29 is 4.74 Å². The third-order valence-electron chi connectivity index (χ3n) is 3.55. The molecule has 1 atom stereocenters. The Balaban J connectivity index is 1.77. The van der Waals surface area contributed by atoms with Crippen LogP contribution in [0.4, 0.5) is 0 Å². The van der Waals surface area contributed by atoms with E-state index in [4.69, 9.17) is 16.3 Å². The number of ether oxygens (including phenoxy) is 1. The van der Waals surface area contributed by atoms with E-state index in [1.807, 2.05) is 11.7 Å². The number of rotatable bonds is 6. The van der Waals surface area contributed by atoms with Gasteiger partial charge >= 0.3 is 0 Å². The first-order chi connectivity index (χ1) is 8.72. The van der Waals surface area contributed by atoms with Crippen molar-refractivity contribution in [3.05, 3.63) is 16.4 Å². The SMILES string of the molecule is CCc1nn(C)c(CNCCC2CCOC2)c1Cl. The standard InChI is InChI=1S/C13H22ClN3O/c1-3-11-13(14)12(17(2)16-11)8-15-6-4-10-5-7-18-9-10/h10,15H,3-9H2,1-2H3. The molecule has 1 unspecified atom stereocenters. The van der Waals surface area contributed by atoms with Crippen LogP contribution in [0.2, 0.25) is 5.02 Å². The van der Waals surface area contributed by atoms with Gasteiger partial charge in [0.1, 0.15) is 0 Å². The second-order valence-corrected chi connectivity index (χ2v) is 5.26. The molecule has 0 aromatic carbocycles. The van der Waals surface area contributed by atoms with Gasteiger partial charge in [-0.3, -0.25) is 4.68 Å². The van der Waals surface area contributed by atoms with Crippen molar-refractivity contribution in [2.45, 2.75) is 32.7 Å². The highest BCUT2D eigenvalue weighted by Gasteiger charge is 2.15. The van der Waals surface area contributed by atoms with Crippen LogP contribution in [-0.4, -0.2) is 29.5 Å². The summed E-state index contributed by atoms with van der Waals surface area (Å²) in [5.74, 6) is 0.728. The van der Waals surface area contributed by atoms with Gasteiger partial charge in [0.2, 0.25) is 0 Å². The van der Waals surface area contributed by atoms with Crippen molar-refractivity contribution in [1.29, 1.82) is 0 Å². The first-order valence-corrected chi connectivity index (χ1v) is 7.08. The van der Waals surface area contributed by atoms with Crippen molar-refractivity contribution in [2.75, 3.05) is 19.8 Å². The zero-order valence-corrected chi connectivity index (χ0v) is 12.0. The van der Waals surface area contributed by atoms with Crippen LogP contribution in [0, 0.1) is 5.92 Å². The molecule has 1 saturated heterocycles. The number of hydrogen-bond donors (Lipinski definition) is 1. The van der Waals surface area contributed by atoms with Gasteiger partial charge in [-0.1, -0.05) is 18.5 Å². The molecule has 2 heterocycles. The summed E-state index contributed by atoms with van der Waals surface area (Å²) in [6.07, 6.45) is 3.26. The average Bonchev–Trinajstić information content (AvgIpc) is 2.96. The first-order valence-electron chi connectivity index (χ1n) is 6.71. The van der Waals surface area contributed by atoms with E-state index in [0.29, 0.717) is 0 Å². The lowest BCUT2D eigenvalue weighted by atomic mass is 10.1. The molecule has 1 aromatic heterocycles. The molecule has 1 aromatic rings. The molecule has 0 radical (unpaired) electrons. The lowest BCUT2D eigenvalue weighted by Crippen LogP contribution is -2.19. The van der Waals surface area contributed by atoms with Gasteiger partial charge in [0.15, 0.2) is 0 Å². The molecule has 102 valence electrons. The highest BCUT2D eigenvalue weighted by atomic mass is 35.5. The Kier molecular flexibility index (Phi) is 5.03. The van der Waals surface area contributed by atoms with E-state index in [1.165, 1.54) is 12.8 Å². The second kappa shape index (κ2) is 6.55. The molecule has 0 spiro atoms. The number of hydrogen-bond acceptors (Lipinski definition) is 3. The van der Waals surface area contributed by atoms with E-state index in [2.05, 4.69) is 17.3 Å². The van der Waals surface area contributed by atoms with Crippen molar-refractivity contribution in [3.8, 4) is 0 Å². The number of aromatic nitrogens is 2. The summed E-state index contributed by atoms with van der Waals surface area (Å²) in [5, 5.41) is 8.67.